The van der Waals surface area contributed by atoms with Gasteiger partial charge in [0.1, 0.15) is 0 Å². The van der Waals surface area contributed by atoms with Crippen molar-refractivity contribution >= 4 is 38.4 Å². The number of halogens is 1. The van der Waals surface area contributed by atoms with E-state index in [2.05, 4.69) is 14.9 Å². The summed E-state index contributed by atoms with van der Waals surface area (Å²) in [6.45, 7) is 1.74. The number of benzene rings is 1. The molecule has 0 radical (unpaired) electrons. The normalized spacial score (nSPS) is 17.8. The van der Waals surface area contributed by atoms with Crippen LogP contribution in [0.15, 0.2) is 18.3 Å². The van der Waals surface area contributed by atoms with Crippen molar-refractivity contribution in [2.75, 3.05) is 31.0 Å². The molecule has 0 spiro atoms. The van der Waals surface area contributed by atoms with Gasteiger partial charge in [0.2, 0.25) is 0 Å². The second-order valence-corrected chi connectivity index (χ2v) is 6.87. The summed E-state index contributed by atoms with van der Waals surface area (Å²) in [6, 6.07) is 3.28. The molecule has 1 aromatic heterocycles. The fourth-order valence-corrected chi connectivity index (χ4v) is 3.75. The van der Waals surface area contributed by atoms with Gasteiger partial charge >= 0.3 is 10.2 Å². The van der Waals surface area contributed by atoms with E-state index in [-0.39, 0.29) is 0 Å². The summed E-state index contributed by atoms with van der Waals surface area (Å²) < 4.78 is 34.2. The maximum absolute atomic E-state index is 12.5. The summed E-state index contributed by atoms with van der Waals surface area (Å²) >= 11 is 6.01. The number of aromatic nitrogens is 2. The maximum Gasteiger partial charge on any atom is 0.301 e. The average Bonchev–Trinajstić information content (AvgIpc) is 2.72. The molecule has 2 heterocycles. The van der Waals surface area contributed by atoms with Crippen LogP contribution in [0.2, 0.25) is 5.02 Å². The number of ether oxygens (including phenoxy) is 1. The number of hydrogen-bond acceptors (Lipinski definition) is 4. The molecule has 0 amide bonds. The number of nitrogens with one attached hydrogen (secondary N) is 2. The lowest BCUT2D eigenvalue weighted by molar-refractivity contribution is 0.148. The molecule has 2 N–H and O–H groups in total. The first-order chi connectivity index (χ1) is 10.1. The Morgan fingerprint density at radius 1 is 1.33 bits per heavy atom. The molecule has 0 bridgehead atoms. The van der Waals surface area contributed by atoms with Crippen LogP contribution in [0.5, 0.6) is 0 Å². The zero-order valence-electron chi connectivity index (χ0n) is 11.2. The van der Waals surface area contributed by atoms with E-state index >= 15 is 0 Å². The molecule has 1 aliphatic rings. The Morgan fingerprint density at radius 2 is 2.19 bits per heavy atom. The van der Waals surface area contributed by atoms with E-state index < -0.39 is 10.2 Å². The third kappa shape index (κ3) is 3.13. The number of H-pyrrole nitrogens is 1. The summed E-state index contributed by atoms with van der Waals surface area (Å²) in [7, 11) is -3.65. The van der Waals surface area contributed by atoms with Gasteiger partial charge in [0.25, 0.3) is 0 Å². The molecule has 0 unspecified atom stereocenters. The van der Waals surface area contributed by atoms with Crippen LogP contribution in [0.1, 0.15) is 6.42 Å². The Labute approximate surface area is 127 Å². The smallest absolute Gasteiger partial charge is 0.301 e. The highest BCUT2D eigenvalue weighted by molar-refractivity contribution is 7.90. The number of anilines is 1. The van der Waals surface area contributed by atoms with Crippen LogP contribution in [-0.4, -0.2) is 49.2 Å². The molecule has 21 heavy (non-hydrogen) atoms. The summed E-state index contributed by atoms with van der Waals surface area (Å²) in [5.41, 5.74) is 0.995. The van der Waals surface area contributed by atoms with Crippen molar-refractivity contribution in [3.05, 3.63) is 23.4 Å². The molecule has 7 nitrogen and oxygen atoms in total. The molecule has 1 aliphatic heterocycles. The highest BCUT2D eigenvalue weighted by Gasteiger charge is 2.24. The van der Waals surface area contributed by atoms with Gasteiger partial charge in [-0.1, -0.05) is 11.6 Å². The zero-order chi connectivity index (χ0) is 14.9. The minimum Gasteiger partial charge on any atom is -0.380 e. The Morgan fingerprint density at radius 3 is 3.05 bits per heavy atom. The monoisotopic (exact) mass is 330 g/mol. The van der Waals surface area contributed by atoms with Crippen LogP contribution >= 0.6 is 11.6 Å². The summed E-state index contributed by atoms with van der Waals surface area (Å²) in [4.78, 5) is 0. The van der Waals surface area contributed by atoms with E-state index in [0.29, 0.717) is 49.0 Å². The van der Waals surface area contributed by atoms with Crippen LogP contribution < -0.4 is 4.72 Å². The Kier molecular flexibility index (Phi) is 4.03. The predicted molar refractivity (Wildman–Crippen MR) is 80.7 cm³/mol. The second kappa shape index (κ2) is 5.80. The zero-order valence-corrected chi connectivity index (χ0v) is 12.7. The quantitative estimate of drug-likeness (QED) is 0.894. The number of aromatic amines is 1. The van der Waals surface area contributed by atoms with Gasteiger partial charge in [-0.3, -0.25) is 9.82 Å². The Hall–Kier alpha value is -1.35. The maximum atomic E-state index is 12.5. The minimum atomic E-state index is -3.65. The van der Waals surface area contributed by atoms with Gasteiger partial charge in [-0.2, -0.15) is 17.8 Å². The van der Waals surface area contributed by atoms with Crippen LogP contribution in [0.25, 0.3) is 10.9 Å². The fraction of sp³-hybridized carbons (Fsp3) is 0.417. The number of nitrogens with zero attached hydrogens (tertiary/aromatic N) is 2. The molecule has 0 aliphatic carbocycles. The van der Waals surface area contributed by atoms with E-state index in [9.17, 15) is 8.42 Å². The van der Waals surface area contributed by atoms with Crippen LogP contribution in [0.4, 0.5) is 5.69 Å². The third-order valence-corrected chi connectivity index (χ3v) is 5.01. The van der Waals surface area contributed by atoms with Crippen molar-refractivity contribution in [1.29, 1.82) is 0 Å². The number of fused-ring (bicyclic) bond motifs is 1. The fourth-order valence-electron chi connectivity index (χ4n) is 2.27. The van der Waals surface area contributed by atoms with Crippen molar-refractivity contribution in [2.45, 2.75) is 6.42 Å². The number of rotatable bonds is 3. The summed E-state index contributed by atoms with van der Waals surface area (Å²) in [6.07, 6.45) is 2.27. The van der Waals surface area contributed by atoms with Crippen molar-refractivity contribution < 1.29 is 13.2 Å². The van der Waals surface area contributed by atoms with E-state index in [1.54, 1.807) is 18.3 Å². The van der Waals surface area contributed by atoms with Gasteiger partial charge in [0, 0.05) is 30.1 Å². The van der Waals surface area contributed by atoms with Gasteiger partial charge in [-0.25, -0.2) is 0 Å². The molecular formula is C12H15ClN4O3S. The molecule has 9 heteroatoms. The van der Waals surface area contributed by atoms with E-state index in [4.69, 9.17) is 16.3 Å². The van der Waals surface area contributed by atoms with Gasteiger partial charge < -0.3 is 4.74 Å². The summed E-state index contributed by atoms with van der Waals surface area (Å²) in [5, 5.41) is 7.88. The lowest BCUT2D eigenvalue weighted by atomic mass is 10.2. The van der Waals surface area contributed by atoms with Gasteiger partial charge in [-0.05, 0) is 18.6 Å². The topological polar surface area (TPSA) is 87.3 Å². The molecular weight excluding hydrogens is 316 g/mol. The predicted octanol–water partition coefficient (Wildman–Crippen LogP) is 1.60. The minimum absolute atomic E-state index is 0.335. The molecule has 1 aromatic carbocycles. The average molecular weight is 331 g/mol. The molecule has 0 atom stereocenters. The second-order valence-electron chi connectivity index (χ2n) is 4.76. The first-order valence-electron chi connectivity index (χ1n) is 6.54. The van der Waals surface area contributed by atoms with Crippen molar-refractivity contribution in [3.63, 3.8) is 0 Å². The van der Waals surface area contributed by atoms with Crippen molar-refractivity contribution in [3.8, 4) is 0 Å². The van der Waals surface area contributed by atoms with Crippen molar-refractivity contribution in [2.24, 2.45) is 0 Å². The van der Waals surface area contributed by atoms with E-state index in [1.165, 1.54) is 4.31 Å². The van der Waals surface area contributed by atoms with E-state index in [0.717, 1.165) is 5.39 Å². The first-order valence-corrected chi connectivity index (χ1v) is 8.36. The summed E-state index contributed by atoms with van der Waals surface area (Å²) in [5.74, 6) is 0. The molecule has 2 aromatic rings. The van der Waals surface area contributed by atoms with Crippen molar-refractivity contribution in [1.82, 2.24) is 14.5 Å². The van der Waals surface area contributed by atoms with Gasteiger partial charge in [0.05, 0.1) is 24.0 Å². The molecule has 1 fully saturated rings. The lowest BCUT2D eigenvalue weighted by Gasteiger charge is -2.20. The Balaban J connectivity index is 1.91. The van der Waals surface area contributed by atoms with E-state index in [1.807, 2.05) is 0 Å². The highest BCUT2D eigenvalue weighted by Crippen LogP contribution is 2.27. The highest BCUT2D eigenvalue weighted by atomic mass is 35.5. The molecule has 114 valence electrons. The largest absolute Gasteiger partial charge is 0.380 e. The van der Waals surface area contributed by atoms with Crippen LogP contribution in [0.3, 0.4) is 0 Å². The van der Waals surface area contributed by atoms with Gasteiger partial charge in [-0.15, -0.1) is 0 Å². The third-order valence-electron chi connectivity index (χ3n) is 3.27. The van der Waals surface area contributed by atoms with Gasteiger partial charge in [0.15, 0.2) is 0 Å². The molecule has 1 saturated heterocycles. The Bertz CT molecular complexity index is 738. The molecule has 3 rings (SSSR count). The first kappa shape index (κ1) is 14.6. The lowest BCUT2D eigenvalue weighted by Crippen LogP contribution is -2.37. The van der Waals surface area contributed by atoms with Crippen LogP contribution in [-0.2, 0) is 14.9 Å². The standard InChI is InChI=1S/C12H15ClN4O3S/c13-10-6-9-8-14-15-12(9)11(7-10)16-21(18,19)17-2-1-4-20-5-3-17/h6-8,16H,1-5H2,(H,14,15). The number of hydrogen-bond donors (Lipinski definition) is 2. The SMILES string of the molecule is O=S(=O)(Nc1cc(Cl)cc2cn[nH]c12)N1CCCOCC1. The van der Waals surface area contributed by atoms with Crippen LogP contribution in [0, 0.1) is 0 Å². The molecule has 0 saturated carbocycles.